The largest absolute Gasteiger partial charge is 0.203 e. The van der Waals surface area contributed by atoms with Gasteiger partial charge < -0.3 is 0 Å². The first-order chi connectivity index (χ1) is 11.5. The normalized spacial score (nSPS) is 31.0. The second kappa shape index (κ2) is 7.37. The number of benzene rings is 1. The van der Waals surface area contributed by atoms with Crippen LogP contribution in [0.4, 0.5) is 8.78 Å². The third-order valence-corrected chi connectivity index (χ3v) is 6.61. The highest BCUT2D eigenvalue weighted by Crippen LogP contribution is 2.44. The Kier molecular flexibility index (Phi) is 5.42. The molecule has 0 heterocycles. The smallest absolute Gasteiger partial charge is 0.166 e. The van der Waals surface area contributed by atoms with Crippen molar-refractivity contribution in [3.63, 3.8) is 0 Å². The van der Waals surface area contributed by atoms with Gasteiger partial charge in [0.2, 0.25) is 0 Å². The second-order valence-electron chi connectivity index (χ2n) is 8.21. The third-order valence-electron chi connectivity index (χ3n) is 6.61. The van der Waals surface area contributed by atoms with Crippen LogP contribution in [0.1, 0.15) is 72.3 Å². The van der Waals surface area contributed by atoms with Gasteiger partial charge in [0.25, 0.3) is 0 Å². The lowest BCUT2D eigenvalue weighted by Crippen LogP contribution is -2.25. The van der Waals surface area contributed by atoms with Crippen LogP contribution in [0.15, 0.2) is 18.7 Å². The molecule has 2 heteroatoms. The molecule has 0 radical (unpaired) electrons. The molecule has 0 unspecified atom stereocenters. The monoisotopic (exact) mass is 336 g/mol. The second-order valence-corrected chi connectivity index (χ2v) is 8.21. The number of rotatable bonds is 3. The Morgan fingerprint density at radius 1 is 0.917 bits per heavy atom. The minimum absolute atomic E-state index is 0. The van der Waals surface area contributed by atoms with Crippen molar-refractivity contribution in [3.05, 3.63) is 41.5 Å². The van der Waals surface area contributed by atoms with Crippen molar-refractivity contribution in [2.45, 2.75) is 65.2 Å². The molecular formula is C22H34F2. The Labute approximate surface area is 148 Å². The molecule has 3 rings (SSSR count). The fourth-order valence-corrected chi connectivity index (χ4v) is 4.81. The summed E-state index contributed by atoms with van der Waals surface area (Å²) in [6.45, 7) is 8.09. The van der Waals surface area contributed by atoms with E-state index in [0.717, 1.165) is 36.2 Å². The van der Waals surface area contributed by atoms with Gasteiger partial charge in [0, 0.05) is 8.42 Å². The van der Waals surface area contributed by atoms with Crippen molar-refractivity contribution < 1.29 is 11.6 Å². The van der Waals surface area contributed by atoms with Gasteiger partial charge in [0.1, 0.15) is 0 Å². The van der Waals surface area contributed by atoms with E-state index in [1.807, 2.05) is 0 Å². The van der Waals surface area contributed by atoms with E-state index >= 15 is 0 Å². The van der Waals surface area contributed by atoms with Crippen LogP contribution < -0.4 is 0 Å². The van der Waals surface area contributed by atoms with E-state index in [-0.39, 0.29) is 2.85 Å². The molecule has 0 atom stereocenters. The number of halogens is 2. The quantitative estimate of drug-likeness (QED) is 0.539. The molecule has 0 nitrogen and oxygen atoms in total. The summed E-state index contributed by atoms with van der Waals surface area (Å²) in [7, 11) is 0. The minimum Gasteiger partial charge on any atom is -0.203 e. The summed E-state index contributed by atoms with van der Waals surface area (Å²) in [5, 5.41) is 0. The summed E-state index contributed by atoms with van der Waals surface area (Å²) in [5.41, 5.74) is 1.54. The van der Waals surface area contributed by atoms with Gasteiger partial charge in [0.05, 0.1) is 0 Å². The van der Waals surface area contributed by atoms with Crippen LogP contribution >= 0.6 is 0 Å². The Hall–Kier alpha value is -1.18. The molecule has 2 aliphatic rings. The molecule has 1 aromatic carbocycles. The van der Waals surface area contributed by atoms with Crippen molar-refractivity contribution in [1.29, 1.82) is 0 Å². The van der Waals surface area contributed by atoms with Gasteiger partial charge in [-0.2, -0.15) is 0 Å². The van der Waals surface area contributed by atoms with Crippen molar-refractivity contribution in [2.75, 3.05) is 0 Å². The summed E-state index contributed by atoms with van der Waals surface area (Å²) in [5.74, 6) is 1.49. The average molecular weight is 337 g/mol. The Morgan fingerprint density at radius 3 is 2.04 bits per heavy atom. The topological polar surface area (TPSA) is 0 Å². The van der Waals surface area contributed by atoms with E-state index in [2.05, 4.69) is 13.5 Å². The van der Waals surface area contributed by atoms with Crippen LogP contribution in [0.5, 0.6) is 0 Å². The number of aryl methyl sites for hydroxylation is 1. The predicted octanol–water partition coefficient (Wildman–Crippen LogP) is 7.41. The highest BCUT2D eigenvalue weighted by atomic mass is 19.2. The molecule has 2 fully saturated rings. The van der Waals surface area contributed by atoms with Crippen molar-refractivity contribution in [3.8, 4) is 0 Å². The highest BCUT2D eigenvalue weighted by Gasteiger charge is 2.31. The van der Waals surface area contributed by atoms with Crippen LogP contribution in [0.3, 0.4) is 0 Å². The maximum absolute atomic E-state index is 14.2. The molecule has 0 saturated heterocycles. The van der Waals surface area contributed by atoms with E-state index in [0.29, 0.717) is 17.0 Å². The number of hydrogen-bond acceptors (Lipinski definition) is 0. The fourth-order valence-electron chi connectivity index (χ4n) is 4.81. The van der Waals surface area contributed by atoms with Crippen molar-refractivity contribution in [2.24, 2.45) is 23.7 Å². The van der Waals surface area contributed by atoms with Gasteiger partial charge in [0.15, 0.2) is 11.6 Å². The van der Waals surface area contributed by atoms with Crippen molar-refractivity contribution >= 4 is 5.57 Å². The molecule has 0 bridgehead atoms. The zero-order chi connectivity index (χ0) is 17.3. The Bertz CT molecular complexity index is 598. The number of hydrogen-bond donors (Lipinski definition) is 0. The number of allylic oxidation sites excluding steroid dienone is 1. The lowest BCUT2D eigenvalue weighted by molar-refractivity contribution is 0.162. The SMILES string of the molecule is C=C(c1ccc(C)c(F)c1F)C1CCC(C2CCC(C)CC2)CC1.[HH].[HH]. The van der Waals surface area contributed by atoms with Gasteiger partial charge in [-0.3, -0.25) is 0 Å². The van der Waals surface area contributed by atoms with E-state index < -0.39 is 11.6 Å². The van der Waals surface area contributed by atoms with Gasteiger partial charge in [-0.05, 0) is 80.3 Å². The first-order valence-corrected chi connectivity index (χ1v) is 9.61. The molecule has 0 amide bonds. The van der Waals surface area contributed by atoms with Crippen LogP contribution in [-0.2, 0) is 0 Å². The molecule has 0 aliphatic heterocycles. The molecule has 2 saturated carbocycles. The maximum atomic E-state index is 14.2. The summed E-state index contributed by atoms with van der Waals surface area (Å²) in [4.78, 5) is 0. The average Bonchev–Trinajstić information content (AvgIpc) is 2.60. The molecule has 136 valence electrons. The van der Waals surface area contributed by atoms with E-state index in [1.54, 1.807) is 19.1 Å². The van der Waals surface area contributed by atoms with Crippen LogP contribution in [0.2, 0.25) is 0 Å². The Morgan fingerprint density at radius 2 is 1.46 bits per heavy atom. The van der Waals surface area contributed by atoms with E-state index in [4.69, 9.17) is 0 Å². The molecule has 2 aliphatic carbocycles. The Balaban J connectivity index is 0.00000169. The molecule has 24 heavy (non-hydrogen) atoms. The lowest BCUT2D eigenvalue weighted by Gasteiger charge is -2.37. The zero-order valence-corrected chi connectivity index (χ0v) is 15.1. The molecule has 0 spiro atoms. The molecule has 1 aromatic rings. The maximum Gasteiger partial charge on any atom is 0.166 e. The first kappa shape index (κ1) is 17.6. The van der Waals surface area contributed by atoms with Gasteiger partial charge >= 0.3 is 0 Å². The summed E-state index contributed by atoms with van der Waals surface area (Å²) >= 11 is 0. The lowest BCUT2D eigenvalue weighted by atomic mass is 9.68. The van der Waals surface area contributed by atoms with Crippen LogP contribution in [0, 0.1) is 42.2 Å². The first-order valence-electron chi connectivity index (χ1n) is 9.61. The molecular weight excluding hydrogens is 302 g/mol. The van der Waals surface area contributed by atoms with E-state index in [1.165, 1.54) is 38.5 Å². The van der Waals surface area contributed by atoms with Gasteiger partial charge in [-0.15, -0.1) is 0 Å². The van der Waals surface area contributed by atoms with Gasteiger partial charge in [-0.1, -0.05) is 38.5 Å². The van der Waals surface area contributed by atoms with Gasteiger partial charge in [-0.25, -0.2) is 8.78 Å². The third kappa shape index (κ3) is 3.58. The highest BCUT2D eigenvalue weighted by molar-refractivity contribution is 5.66. The fraction of sp³-hybridized carbons (Fsp3) is 0.636. The predicted molar refractivity (Wildman–Crippen MR) is 101 cm³/mol. The minimum atomic E-state index is -0.723. The van der Waals surface area contributed by atoms with Crippen LogP contribution in [0.25, 0.3) is 5.57 Å². The molecule has 0 N–H and O–H groups in total. The standard InChI is InChI=1S/C22H30F2.2H2/c1-14-4-7-18(8-5-14)19-11-9-17(10-12-19)16(3)20-13-6-15(2)21(23)22(20)24;;/h6,13-14,17-19H,3-5,7-12H2,1-2H3;2*1H. The summed E-state index contributed by atoms with van der Waals surface area (Å²) in [6.07, 6.45) is 10.1. The summed E-state index contributed by atoms with van der Waals surface area (Å²) in [6, 6.07) is 3.36. The summed E-state index contributed by atoms with van der Waals surface area (Å²) < 4.78 is 28.1. The van der Waals surface area contributed by atoms with Crippen molar-refractivity contribution in [1.82, 2.24) is 0 Å². The van der Waals surface area contributed by atoms with Crippen LogP contribution in [-0.4, -0.2) is 0 Å². The molecule has 0 aromatic heterocycles. The van der Waals surface area contributed by atoms with E-state index in [9.17, 15) is 8.78 Å². The zero-order valence-electron chi connectivity index (χ0n) is 15.1.